The van der Waals surface area contributed by atoms with Crippen molar-refractivity contribution in [2.24, 2.45) is 0 Å². The van der Waals surface area contributed by atoms with E-state index in [1.165, 1.54) is 12.3 Å². The van der Waals surface area contributed by atoms with E-state index in [1.54, 1.807) is 31.2 Å². The Hall–Kier alpha value is -2.48. The van der Waals surface area contributed by atoms with Gasteiger partial charge >= 0.3 is 0 Å². The molecule has 1 aromatic heterocycles. The van der Waals surface area contributed by atoms with E-state index in [1.807, 2.05) is 6.07 Å². The van der Waals surface area contributed by atoms with Crippen LogP contribution >= 0.6 is 0 Å². The molecule has 5 heteroatoms. The minimum Gasteiger partial charge on any atom is -0.361 e. The van der Waals surface area contributed by atoms with Crippen molar-refractivity contribution < 1.29 is 4.39 Å². The van der Waals surface area contributed by atoms with Crippen LogP contribution in [0.2, 0.25) is 0 Å². The third-order valence-electron chi connectivity index (χ3n) is 2.57. The predicted octanol–water partition coefficient (Wildman–Crippen LogP) is 2.66. The number of nitrogens with one attached hydrogen (secondary N) is 1. The summed E-state index contributed by atoms with van der Waals surface area (Å²) in [5.74, 6) is 0.0654. The lowest BCUT2D eigenvalue weighted by atomic mass is 10.1. The molecule has 1 atom stereocenters. The molecule has 0 saturated carbocycles. The Bertz CT molecular complexity index is 592. The summed E-state index contributed by atoms with van der Waals surface area (Å²) in [6.07, 6.45) is 1.44. The lowest BCUT2D eigenvalue weighted by Gasteiger charge is -2.15. The van der Waals surface area contributed by atoms with E-state index in [2.05, 4.69) is 15.5 Å². The van der Waals surface area contributed by atoms with Crippen LogP contribution in [-0.4, -0.2) is 10.2 Å². The van der Waals surface area contributed by atoms with Crippen molar-refractivity contribution in [3.63, 3.8) is 0 Å². The second-order valence-electron chi connectivity index (χ2n) is 3.79. The first-order valence-electron chi connectivity index (χ1n) is 5.45. The van der Waals surface area contributed by atoms with Crippen LogP contribution in [0.5, 0.6) is 0 Å². The number of hydrogen-bond acceptors (Lipinski definition) is 4. The van der Waals surface area contributed by atoms with Crippen LogP contribution in [0.1, 0.15) is 24.1 Å². The normalized spacial score (nSPS) is 11.6. The van der Waals surface area contributed by atoms with E-state index >= 15 is 0 Å². The van der Waals surface area contributed by atoms with Crippen molar-refractivity contribution in [1.82, 2.24) is 10.2 Å². The Labute approximate surface area is 104 Å². The fourth-order valence-electron chi connectivity index (χ4n) is 1.64. The zero-order valence-corrected chi connectivity index (χ0v) is 9.76. The first kappa shape index (κ1) is 12.0. The monoisotopic (exact) mass is 242 g/mol. The summed E-state index contributed by atoms with van der Waals surface area (Å²) < 4.78 is 13.6. The van der Waals surface area contributed by atoms with E-state index in [-0.39, 0.29) is 11.9 Å². The number of rotatable bonds is 3. The molecule has 18 heavy (non-hydrogen) atoms. The van der Waals surface area contributed by atoms with Crippen LogP contribution in [0.15, 0.2) is 36.5 Å². The minimum absolute atomic E-state index is 0.292. The number of nitriles is 1. The second kappa shape index (κ2) is 5.23. The third-order valence-corrected chi connectivity index (χ3v) is 2.57. The SMILES string of the molecule is CC(Nc1nnccc1C#N)c1ccccc1F. The van der Waals surface area contributed by atoms with Gasteiger partial charge in [-0.25, -0.2) is 4.39 Å². The van der Waals surface area contributed by atoms with Gasteiger partial charge in [0.05, 0.1) is 17.8 Å². The molecule has 1 unspecified atom stereocenters. The van der Waals surface area contributed by atoms with Gasteiger partial charge in [0.15, 0.2) is 5.82 Å². The Morgan fingerprint density at radius 3 is 2.83 bits per heavy atom. The van der Waals surface area contributed by atoms with Gasteiger partial charge in [-0.1, -0.05) is 18.2 Å². The number of halogens is 1. The summed E-state index contributed by atoms with van der Waals surface area (Å²) in [5.41, 5.74) is 0.903. The molecule has 2 rings (SSSR count). The summed E-state index contributed by atoms with van der Waals surface area (Å²) in [5, 5.41) is 19.5. The Morgan fingerprint density at radius 2 is 2.11 bits per heavy atom. The maximum atomic E-state index is 13.6. The van der Waals surface area contributed by atoms with Gasteiger partial charge in [-0.15, -0.1) is 5.10 Å². The van der Waals surface area contributed by atoms with Crippen LogP contribution in [0, 0.1) is 17.1 Å². The number of hydrogen-bond donors (Lipinski definition) is 1. The summed E-state index contributed by atoms with van der Waals surface area (Å²) in [7, 11) is 0. The third kappa shape index (κ3) is 2.43. The molecule has 0 aliphatic rings. The highest BCUT2D eigenvalue weighted by Gasteiger charge is 2.12. The molecular formula is C13H11FN4. The van der Waals surface area contributed by atoms with Crippen molar-refractivity contribution in [3.8, 4) is 6.07 Å². The highest BCUT2D eigenvalue weighted by atomic mass is 19.1. The Morgan fingerprint density at radius 1 is 1.33 bits per heavy atom. The Balaban J connectivity index is 2.25. The van der Waals surface area contributed by atoms with E-state index in [0.29, 0.717) is 16.9 Å². The molecule has 90 valence electrons. The predicted molar refractivity (Wildman–Crippen MR) is 65.2 cm³/mol. The number of benzene rings is 1. The molecule has 0 amide bonds. The molecule has 0 bridgehead atoms. The molecule has 0 radical (unpaired) electrons. The maximum Gasteiger partial charge on any atom is 0.167 e. The zero-order chi connectivity index (χ0) is 13.0. The molecule has 4 nitrogen and oxygen atoms in total. The van der Waals surface area contributed by atoms with Crippen molar-refractivity contribution >= 4 is 5.82 Å². The van der Waals surface area contributed by atoms with Crippen molar-refractivity contribution in [1.29, 1.82) is 5.26 Å². The largest absolute Gasteiger partial charge is 0.361 e. The molecule has 0 aliphatic carbocycles. The minimum atomic E-state index is -0.296. The van der Waals surface area contributed by atoms with Gasteiger partial charge in [0.25, 0.3) is 0 Å². The van der Waals surface area contributed by atoms with Gasteiger partial charge in [0, 0.05) is 5.56 Å². The maximum absolute atomic E-state index is 13.6. The lowest BCUT2D eigenvalue weighted by Crippen LogP contribution is -2.11. The fourth-order valence-corrected chi connectivity index (χ4v) is 1.64. The first-order valence-corrected chi connectivity index (χ1v) is 5.45. The van der Waals surface area contributed by atoms with E-state index in [4.69, 9.17) is 5.26 Å². The van der Waals surface area contributed by atoms with Gasteiger partial charge in [0.1, 0.15) is 11.9 Å². The molecule has 0 saturated heterocycles. The van der Waals surface area contributed by atoms with E-state index in [9.17, 15) is 4.39 Å². The van der Waals surface area contributed by atoms with Crippen molar-refractivity contribution in [2.45, 2.75) is 13.0 Å². The summed E-state index contributed by atoms with van der Waals surface area (Å²) >= 11 is 0. The molecule has 0 fully saturated rings. The molecule has 0 spiro atoms. The van der Waals surface area contributed by atoms with Gasteiger partial charge in [-0.05, 0) is 19.1 Å². The van der Waals surface area contributed by atoms with Crippen LogP contribution < -0.4 is 5.32 Å². The van der Waals surface area contributed by atoms with Crippen molar-refractivity contribution in [3.05, 3.63) is 53.5 Å². The summed E-state index contributed by atoms with van der Waals surface area (Å²) in [6.45, 7) is 1.80. The lowest BCUT2D eigenvalue weighted by molar-refractivity contribution is 0.600. The highest BCUT2D eigenvalue weighted by molar-refractivity contribution is 5.51. The topological polar surface area (TPSA) is 61.6 Å². The summed E-state index contributed by atoms with van der Waals surface area (Å²) in [4.78, 5) is 0. The van der Waals surface area contributed by atoms with Gasteiger partial charge in [-0.3, -0.25) is 0 Å². The van der Waals surface area contributed by atoms with E-state index < -0.39 is 0 Å². The molecule has 1 aromatic carbocycles. The number of nitrogens with zero attached hydrogens (tertiary/aromatic N) is 3. The molecule has 1 heterocycles. The smallest absolute Gasteiger partial charge is 0.167 e. The van der Waals surface area contributed by atoms with Gasteiger partial charge in [-0.2, -0.15) is 10.4 Å². The van der Waals surface area contributed by atoms with Crippen LogP contribution in [0.25, 0.3) is 0 Å². The Kier molecular flexibility index (Phi) is 3.49. The van der Waals surface area contributed by atoms with Crippen molar-refractivity contribution in [2.75, 3.05) is 5.32 Å². The number of aromatic nitrogens is 2. The molecule has 1 N–H and O–H groups in total. The summed E-state index contributed by atoms with van der Waals surface area (Å²) in [6, 6.07) is 9.75. The molecule has 2 aromatic rings. The molecule has 0 aliphatic heterocycles. The standard InChI is InChI=1S/C13H11FN4/c1-9(11-4-2-3-5-12(11)14)17-13-10(8-15)6-7-16-18-13/h2-7,9H,1H3,(H,17,18). The zero-order valence-electron chi connectivity index (χ0n) is 9.76. The van der Waals surface area contributed by atoms with E-state index in [0.717, 1.165) is 0 Å². The average molecular weight is 242 g/mol. The first-order chi connectivity index (χ1) is 8.72. The van der Waals surface area contributed by atoms with Gasteiger partial charge in [0.2, 0.25) is 0 Å². The fraction of sp³-hybridized carbons (Fsp3) is 0.154. The van der Waals surface area contributed by atoms with Crippen LogP contribution in [0.3, 0.4) is 0 Å². The van der Waals surface area contributed by atoms with Crippen LogP contribution in [-0.2, 0) is 0 Å². The van der Waals surface area contributed by atoms with Crippen LogP contribution in [0.4, 0.5) is 10.2 Å². The quantitative estimate of drug-likeness (QED) is 0.898. The number of anilines is 1. The van der Waals surface area contributed by atoms with Gasteiger partial charge < -0.3 is 5.32 Å². The molecular weight excluding hydrogens is 231 g/mol. The average Bonchev–Trinajstić information content (AvgIpc) is 2.39. The second-order valence-corrected chi connectivity index (χ2v) is 3.79. The highest BCUT2D eigenvalue weighted by Crippen LogP contribution is 2.21.